The van der Waals surface area contributed by atoms with Gasteiger partial charge in [-0.25, -0.2) is 4.98 Å². The third-order valence-corrected chi connectivity index (χ3v) is 4.21. The molecule has 2 atom stereocenters. The molecule has 0 saturated carbocycles. The Labute approximate surface area is 135 Å². The maximum absolute atomic E-state index is 11.2. The van der Waals surface area contributed by atoms with E-state index >= 15 is 0 Å². The summed E-state index contributed by atoms with van der Waals surface area (Å²) in [5.74, 6) is -0.851. The van der Waals surface area contributed by atoms with Crippen LogP contribution in [-0.4, -0.2) is 50.7 Å². The number of imidazole rings is 1. The Balaban J connectivity index is 1.97. The molecule has 1 N–H and O–H groups in total. The number of aliphatic carboxylic acids is 1. The molecule has 23 heavy (non-hydrogen) atoms. The van der Waals surface area contributed by atoms with Crippen molar-refractivity contribution in [3.63, 3.8) is 0 Å². The van der Waals surface area contributed by atoms with Gasteiger partial charge in [0.1, 0.15) is 5.65 Å². The van der Waals surface area contributed by atoms with Crippen molar-refractivity contribution >= 4 is 11.6 Å². The van der Waals surface area contributed by atoms with E-state index in [1.165, 1.54) is 0 Å². The Bertz CT molecular complexity index is 715. The van der Waals surface area contributed by atoms with Crippen LogP contribution in [-0.2, 0) is 22.5 Å². The lowest BCUT2D eigenvalue weighted by Gasteiger charge is -2.35. The number of rotatable bonds is 4. The van der Waals surface area contributed by atoms with Crippen LogP contribution in [0.15, 0.2) is 18.3 Å². The number of carboxylic acid groups (broad SMARTS) is 1. The molecule has 0 aromatic carbocycles. The summed E-state index contributed by atoms with van der Waals surface area (Å²) in [6.45, 7) is 8.51. The van der Waals surface area contributed by atoms with Gasteiger partial charge >= 0.3 is 5.97 Å². The molecule has 3 heterocycles. The standard InChI is InChI=1S/C17H23N3O3/c1-11-5-4-6-20-15(14(7-16(21)22)18-17(11)20)10-19-8-12(2)23-13(3)9-19/h4-6,12-13H,7-10H2,1-3H3,(H,21,22). The lowest BCUT2D eigenvalue weighted by atomic mass is 10.2. The molecular formula is C17H23N3O3. The highest BCUT2D eigenvalue weighted by molar-refractivity contribution is 5.70. The second kappa shape index (κ2) is 6.29. The minimum absolute atomic E-state index is 0.0497. The first-order valence-corrected chi connectivity index (χ1v) is 7.99. The first kappa shape index (κ1) is 16.0. The van der Waals surface area contributed by atoms with Gasteiger partial charge in [0.2, 0.25) is 0 Å². The van der Waals surface area contributed by atoms with Gasteiger partial charge in [-0.05, 0) is 32.4 Å². The predicted molar refractivity (Wildman–Crippen MR) is 86.6 cm³/mol. The van der Waals surface area contributed by atoms with Crippen LogP contribution in [0.3, 0.4) is 0 Å². The molecular weight excluding hydrogens is 294 g/mol. The number of aryl methyl sites for hydroxylation is 1. The fourth-order valence-corrected chi connectivity index (χ4v) is 3.38. The molecule has 2 aromatic heterocycles. The highest BCUT2D eigenvalue weighted by Crippen LogP contribution is 2.20. The van der Waals surface area contributed by atoms with E-state index in [1.807, 2.05) is 29.7 Å². The van der Waals surface area contributed by atoms with Crippen molar-refractivity contribution in [1.29, 1.82) is 0 Å². The Hall–Kier alpha value is -1.92. The molecule has 0 spiro atoms. The highest BCUT2D eigenvalue weighted by atomic mass is 16.5. The van der Waals surface area contributed by atoms with Gasteiger partial charge < -0.3 is 14.2 Å². The molecule has 1 aliphatic heterocycles. The van der Waals surface area contributed by atoms with E-state index in [-0.39, 0.29) is 18.6 Å². The zero-order valence-corrected chi connectivity index (χ0v) is 13.8. The van der Waals surface area contributed by atoms with E-state index in [0.717, 1.165) is 30.0 Å². The average molecular weight is 317 g/mol. The second-order valence-corrected chi connectivity index (χ2v) is 6.41. The summed E-state index contributed by atoms with van der Waals surface area (Å²) in [4.78, 5) is 18.1. The van der Waals surface area contributed by atoms with Crippen molar-refractivity contribution in [3.05, 3.63) is 35.3 Å². The van der Waals surface area contributed by atoms with Crippen LogP contribution in [0, 0.1) is 6.92 Å². The Morgan fingerprint density at radius 3 is 2.74 bits per heavy atom. The SMILES string of the molecule is Cc1cccn2c(CN3CC(C)OC(C)C3)c(CC(=O)O)nc12. The van der Waals surface area contributed by atoms with E-state index in [2.05, 4.69) is 23.7 Å². The van der Waals surface area contributed by atoms with Crippen molar-refractivity contribution < 1.29 is 14.6 Å². The van der Waals surface area contributed by atoms with Crippen LogP contribution in [0.2, 0.25) is 0 Å². The van der Waals surface area contributed by atoms with E-state index < -0.39 is 5.97 Å². The fraction of sp³-hybridized carbons (Fsp3) is 0.529. The molecule has 6 nitrogen and oxygen atoms in total. The van der Waals surface area contributed by atoms with Gasteiger partial charge in [0.05, 0.1) is 30.0 Å². The van der Waals surface area contributed by atoms with Crippen molar-refractivity contribution in [1.82, 2.24) is 14.3 Å². The first-order chi connectivity index (χ1) is 10.9. The maximum atomic E-state index is 11.2. The summed E-state index contributed by atoms with van der Waals surface area (Å²) in [5, 5.41) is 9.19. The second-order valence-electron chi connectivity index (χ2n) is 6.41. The summed E-state index contributed by atoms with van der Waals surface area (Å²) in [7, 11) is 0. The number of hydrogen-bond acceptors (Lipinski definition) is 4. The molecule has 0 radical (unpaired) electrons. The molecule has 3 rings (SSSR count). The number of ether oxygens (including phenoxy) is 1. The molecule has 0 amide bonds. The average Bonchev–Trinajstić information content (AvgIpc) is 2.77. The summed E-state index contributed by atoms with van der Waals surface area (Å²) >= 11 is 0. The molecule has 124 valence electrons. The van der Waals surface area contributed by atoms with Crippen molar-refractivity contribution in [2.45, 2.75) is 45.9 Å². The predicted octanol–water partition coefficient (Wildman–Crippen LogP) is 1.88. The monoisotopic (exact) mass is 317 g/mol. The zero-order valence-electron chi connectivity index (χ0n) is 13.8. The van der Waals surface area contributed by atoms with E-state index in [1.54, 1.807) is 0 Å². The molecule has 1 fully saturated rings. The zero-order chi connectivity index (χ0) is 16.6. The maximum Gasteiger partial charge on any atom is 0.309 e. The number of carbonyl (C=O) groups is 1. The number of morpholine rings is 1. The van der Waals surface area contributed by atoms with Crippen LogP contribution in [0.25, 0.3) is 5.65 Å². The number of hydrogen-bond donors (Lipinski definition) is 1. The fourth-order valence-electron chi connectivity index (χ4n) is 3.38. The van der Waals surface area contributed by atoms with Crippen LogP contribution < -0.4 is 0 Å². The van der Waals surface area contributed by atoms with Crippen LogP contribution in [0.5, 0.6) is 0 Å². The molecule has 0 bridgehead atoms. The summed E-state index contributed by atoms with van der Waals surface area (Å²) in [6.07, 6.45) is 2.28. The van der Waals surface area contributed by atoms with E-state index in [9.17, 15) is 9.90 Å². The van der Waals surface area contributed by atoms with Gasteiger partial charge in [-0.2, -0.15) is 0 Å². The summed E-state index contributed by atoms with van der Waals surface area (Å²) in [5.41, 5.74) is 3.51. The summed E-state index contributed by atoms with van der Waals surface area (Å²) < 4.78 is 7.80. The molecule has 1 aliphatic rings. The van der Waals surface area contributed by atoms with Gasteiger partial charge in [-0.15, -0.1) is 0 Å². The first-order valence-electron chi connectivity index (χ1n) is 7.99. The van der Waals surface area contributed by atoms with E-state index in [0.29, 0.717) is 12.2 Å². The molecule has 0 aliphatic carbocycles. The van der Waals surface area contributed by atoms with Crippen molar-refractivity contribution in [3.8, 4) is 0 Å². The highest BCUT2D eigenvalue weighted by Gasteiger charge is 2.25. The minimum Gasteiger partial charge on any atom is -0.481 e. The minimum atomic E-state index is -0.851. The van der Waals surface area contributed by atoms with Crippen LogP contribution in [0.1, 0.15) is 30.8 Å². The Kier molecular flexibility index (Phi) is 4.37. The van der Waals surface area contributed by atoms with Gasteiger partial charge in [-0.1, -0.05) is 6.07 Å². The number of carboxylic acids is 1. The Morgan fingerprint density at radius 1 is 1.39 bits per heavy atom. The Morgan fingerprint density at radius 2 is 2.09 bits per heavy atom. The third-order valence-electron chi connectivity index (χ3n) is 4.21. The molecule has 6 heteroatoms. The van der Waals surface area contributed by atoms with Gasteiger partial charge in [-0.3, -0.25) is 9.69 Å². The van der Waals surface area contributed by atoms with Crippen molar-refractivity contribution in [2.75, 3.05) is 13.1 Å². The summed E-state index contributed by atoms with van der Waals surface area (Å²) in [6, 6.07) is 3.97. The molecule has 2 unspecified atom stereocenters. The molecule has 1 saturated heterocycles. The van der Waals surface area contributed by atoms with Crippen LogP contribution in [0.4, 0.5) is 0 Å². The lowest BCUT2D eigenvalue weighted by Crippen LogP contribution is -2.45. The topological polar surface area (TPSA) is 67.1 Å². The number of pyridine rings is 1. The largest absolute Gasteiger partial charge is 0.481 e. The van der Waals surface area contributed by atoms with Crippen LogP contribution >= 0.6 is 0 Å². The van der Waals surface area contributed by atoms with E-state index in [4.69, 9.17) is 4.74 Å². The van der Waals surface area contributed by atoms with Gasteiger partial charge in [0.25, 0.3) is 0 Å². The molecule has 2 aromatic rings. The quantitative estimate of drug-likeness (QED) is 0.932. The van der Waals surface area contributed by atoms with Crippen molar-refractivity contribution in [2.24, 2.45) is 0 Å². The number of fused-ring (bicyclic) bond motifs is 1. The van der Waals surface area contributed by atoms with Gasteiger partial charge in [0.15, 0.2) is 0 Å². The lowest BCUT2D eigenvalue weighted by molar-refractivity contribution is -0.136. The third kappa shape index (κ3) is 3.38. The smallest absolute Gasteiger partial charge is 0.309 e. The normalized spacial score (nSPS) is 22.6. The number of nitrogens with zero attached hydrogens (tertiary/aromatic N) is 3. The number of aromatic nitrogens is 2. The van der Waals surface area contributed by atoms with Gasteiger partial charge in [0, 0.05) is 25.8 Å².